The van der Waals surface area contributed by atoms with Crippen LogP contribution in [-0.4, -0.2) is 28.7 Å². The van der Waals surface area contributed by atoms with Gasteiger partial charge in [0, 0.05) is 44.8 Å². The van der Waals surface area contributed by atoms with Crippen molar-refractivity contribution in [3.8, 4) is 29.0 Å². The highest BCUT2D eigenvalue weighted by Crippen LogP contribution is 2.39. The number of nitrogens with zero attached hydrogens (tertiary/aromatic N) is 7. The molecule has 0 saturated carbocycles. The molecule has 11 aromatic rings. The van der Waals surface area contributed by atoms with Gasteiger partial charge in [-0.15, -0.1) is 0 Å². The maximum Gasteiger partial charge on any atom is 0.240 e. The van der Waals surface area contributed by atoms with Gasteiger partial charge in [-0.1, -0.05) is 115 Å². The van der Waals surface area contributed by atoms with Gasteiger partial charge in [-0.25, -0.2) is 4.85 Å². The van der Waals surface area contributed by atoms with Crippen molar-refractivity contribution >= 4 is 71.1 Å². The van der Waals surface area contributed by atoms with Gasteiger partial charge in [0.2, 0.25) is 11.9 Å². The van der Waals surface area contributed by atoms with Crippen molar-refractivity contribution in [1.82, 2.24) is 28.7 Å². The lowest BCUT2D eigenvalue weighted by atomic mass is 10.1. The molecule has 7 heteroatoms. The number of hydrogen-bond donors (Lipinski definition) is 0. The Morgan fingerprint density at radius 1 is 0.453 bits per heavy atom. The van der Waals surface area contributed by atoms with Crippen LogP contribution >= 0.6 is 0 Å². The molecule has 0 aliphatic carbocycles. The van der Waals surface area contributed by atoms with Crippen LogP contribution in [-0.2, 0) is 0 Å². The van der Waals surface area contributed by atoms with Crippen molar-refractivity contribution < 1.29 is 31.5 Å². The average molecular weight is 701 g/mol. The molecule has 7 aromatic carbocycles. The zero-order valence-electron chi connectivity index (χ0n) is 49.4. The minimum atomic E-state index is -0.823. The van der Waals surface area contributed by atoms with Gasteiger partial charge in [0.05, 0.1) is 70.0 Å². The Morgan fingerprint density at radius 2 is 0.868 bits per heavy atom. The molecule has 4 heterocycles. The predicted molar refractivity (Wildman–Crippen MR) is 215 cm³/mol. The molecule has 0 atom stereocenters. The Bertz CT molecular complexity index is 4310. The normalized spacial score (nSPS) is 17.8. The van der Waals surface area contributed by atoms with Crippen molar-refractivity contribution in [1.29, 1.82) is 0 Å². The molecule has 0 radical (unpaired) electrons. The lowest BCUT2D eigenvalue weighted by Crippen LogP contribution is -2.11. The molecule has 0 aliphatic rings. The molecule has 0 aliphatic heterocycles. The zero-order valence-corrected chi connectivity index (χ0v) is 26.4. The van der Waals surface area contributed by atoms with E-state index in [2.05, 4.69) is 4.85 Å². The highest BCUT2D eigenvalue weighted by Gasteiger charge is 2.22. The van der Waals surface area contributed by atoms with Gasteiger partial charge in [0.25, 0.3) is 0 Å². The van der Waals surface area contributed by atoms with Crippen molar-refractivity contribution in [2.45, 2.75) is 0 Å². The van der Waals surface area contributed by atoms with E-state index in [0.717, 1.165) is 13.7 Å². The van der Waals surface area contributed by atoms with Crippen LogP contribution in [0.5, 0.6) is 0 Å². The molecule has 0 bridgehead atoms. The average Bonchev–Trinajstić information content (AvgIpc) is 4.19. The topological polar surface area (TPSA) is 57.8 Å². The highest BCUT2D eigenvalue weighted by atomic mass is 15.3. The number of hydrogen-bond acceptors (Lipinski definition) is 3. The standard InChI is InChI=1S/C46H27N7/c1-47-29-26-27-35-34-18-2-8-20-37(34)51(43(35)28-29)42-25-13-7-19-36(42)44-48-45(52-38-21-9-3-14-30(38)31-15-4-10-22-39(31)52)50-46(49-44)53-40-23-11-5-16-32(40)33-17-6-12-24-41(33)53/h2-28H/i2D,3D,4D,5D,6D,8D,9D,10D,11D,12D,14D,15D,16D,17D,18D,20D,21D,22D,23D,24D,26D,27D,28D. The van der Waals surface area contributed by atoms with Gasteiger partial charge >= 0.3 is 0 Å². The van der Waals surface area contributed by atoms with E-state index in [9.17, 15) is 8.22 Å². The minimum absolute atomic E-state index is 0.144. The smallest absolute Gasteiger partial charge is 0.240 e. The van der Waals surface area contributed by atoms with Gasteiger partial charge in [-0.05, 0) is 48.4 Å². The summed E-state index contributed by atoms with van der Waals surface area (Å²) < 4.78 is 208. The molecule has 0 spiro atoms. The lowest BCUT2D eigenvalue weighted by molar-refractivity contribution is 0.892. The summed E-state index contributed by atoms with van der Waals surface area (Å²) in [6.45, 7) is 7.90. The van der Waals surface area contributed by atoms with Crippen LogP contribution in [0.1, 0.15) is 31.5 Å². The molecular weight excluding hydrogens is 651 g/mol. The summed E-state index contributed by atoms with van der Waals surface area (Å²) >= 11 is 0. The molecule has 4 aromatic heterocycles. The summed E-state index contributed by atoms with van der Waals surface area (Å²) in [5, 5.41) is -2.24. The van der Waals surface area contributed by atoms with Gasteiger partial charge in [-0.2, -0.15) is 15.0 Å². The van der Waals surface area contributed by atoms with Crippen molar-refractivity contribution in [2.24, 2.45) is 0 Å². The second kappa shape index (κ2) is 11.2. The van der Waals surface area contributed by atoms with E-state index in [-0.39, 0.29) is 33.1 Å². The summed E-state index contributed by atoms with van der Waals surface area (Å²) in [6.07, 6.45) is 0. The fourth-order valence-corrected chi connectivity index (χ4v) is 6.57. The van der Waals surface area contributed by atoms with Crippen LogP contribution < -0.4 is 0 Å². The summed E-state index contributed by atoms with van der Waals surface area (Å²) in [4.78, 5) is 17.6. The SMILES string of the molecule is [2H]c1c([2H])c([2H])c2c(c1[2H])c1c([2H])c([2H])c([2H])c([2H])c1n2-c1nc(-c2ccccc2-n2c3c([2H])c([2H])c([2H])c([2H])c3c3c([2H])c([2H])c([N+]#[C-])c([2H])c32)nc(-n2c3c([2H])c([2H])c([2H])c([2H])c3c3c([2H])c([2H])c([2H])c([2H])c32)n1. The first-order valence-corrected chi connectivity index (χ1v) is 15.6. The Balaban J connectivity index is 1.41. The molecular formula is C46H27N7. The van der Waals surface area contributed by atoms with E-state index in [1.54, 1.807) is 0 Å². The van der Waals surface area contributed by atoms with Crippen LogP contribution in [0.3, 0.4) is 0 Å². The maximum absolute atomic E-state index is 9.32. The van der Waals surface area contributed by atoms with E-state index < -0.39 is 206 Å². The maximum atomic E-state index is 9.32. The van der Waals surface area contributed by atoms with Crippen LogP contribution in [0.4, 0.5) is 5.69 Å². The van der Waals surface area contributed by atoms with E-state index in [0.29, 0.717) is 0 Å². The van der Waals surface area contributed by atoms with E-state index in [1.807, 2.05) is 0 Å². The zero-order chi connectivity index (χ0) is 55.1. The number of rotatable bonds is 4. The summed E-state index contributed by atoms with van der Waals surface area (Å²) in [5.41, 5.74) is -3.56. The molecule has 7 nitrogen and oxygen atoms in total. The minimum Gasteiger partial charge on any atom is -0.310 e. The second-order valence-corrected chi connectivity index (χ2v) is 11.5. The van der Waals surface area contributed by atoms with Crippen molar-refractivity contribution in [3.63, 3.8) is 0 Å². The van der Waals surface area contributed by atoms with Gasteiger partial charge in [-0.3, -0.25) is 9.13 Å². The van der Waals surface area contributed by atoms with Crippen molar-refractivity contribution in [2.75, 3.05) is 0 Å². The van der Waals surface area contributed by atoms with Crippen LogP contribution in [0.15, 0.2) is 163 Å². The fourth-order valence-electron chi connectivity index (χ4n) is 6.57. The Kier molecular flexibility index (Phi) is 3.09. The first kappa shape index (κ1) is 14.6. The summed E-state index contributed by atoms with van der Waals surface area (Å²) in [7, 11) is 0. The van der Waals surface area contributed by atoms with E-state index >= 15 is 0 Å². The molecule has 53 heavy (non-hydrogen) atoms. The Hall–Kier alpha value is -7.56. The third kappa shape index (κ3) is 4.24. The van der Waals surface area contributed by atoms with Crippen LogP contribution in [0, 0.1) is 6.57 Å². The molecule has 11 rings (SSSR count). The van der Waals surface area contributed by atoms with E-state index in [4.69, 9.17) is 44.8 Å². The molecule has 0 amide bonds. The number of aromatic nitrogens is 6. The Morgan fingerprint density at radius 3 is 1.34 bits per heavy atom. The number of benzene rings is 7. The monoisotopic (exact) mass is 700 g/mol. The van der Waals surface area contributed by atoms with Gasteiger partial charge in [0.15, 0.2) is 11.5 Å². The number of fused-ring (bicyclic) bond motifs is 9. The largest absolute Gasteiger partial charge is 0.310 e. The van der Waals surface area contributed by atoms with Crippen LogP contribution in [0.25, 0.3) is 99.2 Å². The van der Waals surface area contributed by atoms with Crippen molar-refractivity contribution in [3.05, 3.63) is 175 Å². The van der Waals surface area contributed by atoms with Gasteiger partial charge in [0.1, 0.15) is 0 Å². The first-order chi connectivity index (χ1) is 35.8. The quantitative estimate of drug-likeness (QED) is 0.172. The second-order valence-electron chi connectivity index (χ2n) is 11.5. The molecule has 246 valence electrons. The van der Waals surface area contributed by atoms with Crippen LogP contribution in [0.2, 0.25) is 0 Å². The summed E-state index contributed by atoms with van der Waals surface area (Å²) in [5.74, 6) is -1.95. The predicted octanol–water partition coefficient (Wildman–Crippen LogP) is 11.4. The molecule has 0 N–H and O–H groups in total. The lowest BCUT2D eigenvalue weighted by Gasteiger charge is -2.16. The first-order valence-electron chi connectivity index (χ1n) is 27.1. The molecule has 0 unspecified atom stereocenters. The highest BCUT2D eigenvalue weighted by molar-refractivity contribution is 6.12. The summed E-state index contributed by atoms with van der Waals surface area (Å²) in [6, 6.07) is -11.7. The third-order valence-electron chi connectivity index (χ3n) is 8.72. The Labute approximate surface area is 335 Å². The fraction of sp³-hybridized carbons (Fsp3) is 0. The molecule has 0 saturated heterocycles. The van der Waals surface area contributed by atoms with Gasteiger partial charge < -0.3 is 4.57 Å². The number of para-hydroxylation sites is 6. The van der Waals surface area contributed by atoms with E-state index in [1.165, 1.54) is 24.3 Å². The molecule has 0 fully saturated rings. The third-order valence-corrected chi connectivity index (χ3v) is 8.72.